The molecule has 6 rings (SSSR count). The lowest BCUT2D eigenvalue weighted by atomic mass is 9.62. The number of fused-ring (bicyclic) bond motifs is 1. The SMILES string of the molecule is CC1=CC(C2C(O)=CC=C2C2Oc3cc(O)ccc3C(=O)C2O)C(C(=O)c2ccc(O)cc2O)C(c2ccc(O)cc2O)C1. The van der Waals surface area contributed by atoms with Crippen LogP contribution in [0, 0.1) is 17.8 Å². The molecule has 0 saturated heterocycles. The molecule has 3 aliphatic rings. The van der Waals surface area contributed by atoms with Gasteiger partial charge in [-0.2, -0.15) is 0 Å². The normalized spacial score (nSPS) is 26.2. The second-order valence-electron chi connectivity index (χ2n) is 11.5. The van der Waals surface area contributed by atoms with Crippen molar-refractivity contribution in [1.29, 1.82) is 0 Å². The van der Waals surface area contributed by atoms with Crippen LogP contribution in [0.4, 0.5) is 0 Å². The molecular weight excluding hydrogens is 568 g/mol. The first-order chi connectivity index (χ1) is 20.9. The van der Waals surface area contributed by atoms with Crippen molar-refractivity contribution in [1.82, 2.24) is 0 Å². The Bertz CT molecular complexity index is 1780. The molecule has 3 aromatic rings. The third kappa shape index (κ3) is 4.83. The van der Waals surface area contributed by atoms with Gasteiger partial charge in [-0.25, -0.2) is 0 Å². The van der Waals surface area contributed by atoms with Gasteiger partial charge in [-0.1, -0.05) is 23.8 Å². The second kappa shape index (κ2) is 10.8. The monoisotopic (exact) mass is 598 g/mol. The van der Waals surface area contributed by atoms with Crippen molar-refractivity contribution >= 4 is 11.6 Å². The Labute approximate surface area is 251 Å². The van der Waals surface area contributed by atoms with E-state index in [0.717, 1.165) is 11.6 Å². The number of allylic oxidation sites excluding steroid dienone is 5. The molecule has 0 radical (unpaired) electrons. The summed E-state index contributed by atoms with van der Waals surface area (Å²) >= 11 is 0. The quantitative estimate of drug-likeness (QED) is 0.159. The van der Waals surface area contributed by atoms with Gasteiger partial charge in [-0.05, 0) is 60.9 Å². The summed E-state index contributed by atoms with van der Waals surface area (Å²) in [6.07, 6.45) is 2.15. The topological polar surface area (TPSA) is 185 Å². The summed E-state index contributed by atoms with van der Waals surface area (Å²) in [5, 5.41) is 73.7. The zero-order chi connectivity index (χ0) is 31.4. The highest BCUT2D eigenvalue weighted by Gasteiger charge is 2.50. The number of benzene rings is 3. The average molecular weight is 599 g/mol. The van der Waals surface area contributed by atoms with Gasteiger partial charge in [0.05, 0.1) is 11.1 Å². The third-order valence-corrected chi connectivity index (χ3v) is 8.71. The van der Waals surface area contributed by atoms with Crippen molar-refractivity contribution in [2.24, 2.45) is 17.8 Å². The van der Waals surface area contributed by atoms with E-state index in [9.17, 15) is 45.3 Å². The molecular formula is C34H30O10. The maximum atomic E-state index is 14.4. The van der Waals surface area contributed by atoms with Gasteiger partial charge >= 0.3 is 0 Å². The fourth-order valence-corrected chi connectivity index (χ4v) is 6.77. The predicted molar refractivity (Wildman–Crippen MR) is 157 cm³/mol. The van der Waals surface area contributed by atoms with E-state index in [2.05, 4.69) is 0 Å². The molecule has 7 N–H and O–H groups in total. The fourth-order valence-electron chi connectivity index (χ4n) is 6.77. The number of hydrogen-bond acceptors (Lipinski definition) is 10. The summed E-state index contributed by atoms with van der Waals surface area (Å²) in [5.41, 5.74) is 1.50. The first-order valence-electron chi connectivity index (χ1n) is 14.0. The summed E-state index contributed by atoms with van der Waals surface area (Å²) in [6, 6.07) is 11.6. The minimum Gasteiger partial charge on any atom is -0.512 e. The van der Waals surface area contributed by atoms with Gasteiger partial charge in [0.15, 0.2) is 23.8 Å². The van der Waals surface area contributed by atoms with E-state index in [4.69, 9.17) is 4.74 Å². The number of carbonyl (C=O) groups excluding carboxylic acids is 2. The maximum Gasteiger partial charge on any atom is 0.199 e. The van der Waals surface area contributed by atoms with Gasteiger partial charge in [0.2, 0.25) is 0 Å². The Morgan fingerprint density at radius 1 is 0.841 bits per heavy atom. The standard InChI is InChI=1S/C34H30O10/c1-15-10-23(19-5-2-16(35)12-26(19)39)30(31(41)20-6-3-17(36)13-27(20)40)24(11-15)29-22(8-9-25(29)38)34-33(43)32(42)21-7-4-18(37)14-28(21)44-34/h2-9,11-14,23-24,29-30,33-40,43H,10H2,1H3. The van der Waals surface area contributed by atoms with Gasteiger partial charge in [0.1, 0.15) is 40.3 Å². The van der Waals surface area contributed by atoms with E-state index in [0.29, 0.717) is 17.6 Å². The smallest absolute Gasteiger partial charge is 0.199 e. The van der Waals surface area contributed by atoms with Crippen LogP contribution in [0.5, 0.6) is 34.5 Å². The van der Waals surface area contributed by atoms with Gasteiger partial charge in [-0.15, -0.1) is 0 Å². The van der Waals surface area contributed by atoms with E-state index in [1.807, 2.05) is 13.0 Å². The molecule has 6 unspecified atom stereocenters. The number of ether oxygens (including phenoxy) is 1. The zero-order valence-corrected chi connectivity index (χ0v) is 23.5. The minimum atomic E-state index is -1.65. The van der Waals surface area contributed by atoms with Crippen LogP contribution in [-0.2, 0) is 0 Å². The molecule has 1 aliphatic heterocycles. The average Bonchev–Trinajstić information content (AvgIpc) is 3.34. The molecule has 0 bridgehead atoms. The first kappa shape index (κ1) is 28.9. The number of aliphatic hydroxyl groups excluding tert-OH is 2. The van der Waals surface area contributed by atoms with Crippen LogP contribution in [0.25, 0.3) is 0 Å². The van der Waals surface area contributed by atoms with Crippen molar-refractivity contribution < 1.29 is 50.1 Å². The van der Waals surface area contributed by atoms with E-state index < -0.39 is 53.2 Å². The van der Waals surface area contributed by atoms with Crippen molar-refractivity contribution in [3.63, 3.8) is 0 Å². The minimum absolute atomic E-state index is 0.0558. The summed E-state index contributed by atoms with van der Waals surface area (Å²) < 4.78 is 6.05. The van der Waals surface area contributed by atoms with Crippen LogP contribution < -0.4 is 4.74 Å². The summed E-state index contributed by atoms with van der Waals surface area (Å²) in [5.74, 6) is -6.05. The summed E-state index contributed by atoms with van der Waals surface area (Å²) in [4.78, 5) is 27.5. The largest absolute Gasteiger partial charge is 0.512 e. The van der Waals surface area contributed by atoms with E-state index in [1.165, 1.54) is 60.7 Å². The molecule has 6 atom stereocenters. The number of Topliss-reactive ketones (excluding diaryl/α,β-unsaturated/α-hetero) is 2. The predicted octanol–water partition coefficient (Wildman–Crippen LogP) is 4.77. The molecule has 226 valence electrons. The molecule has 0 fully saturated rings. The number of aromatic hydroxyl groups is 5. The van der Waals surface area contributed by atoms with Crippen LogP contribution in [0.2, 0.25) is 0 Å². The van der Waals surface area contributed by atoms with Crippen molar-refractivity contribution in [2.45, 2.75) is 31.5 Å². The lowest BCUT2D eigenvalue weighted by Gasteiger charge is -2.42. The molecule has 10 nitrogen and oxygen atoms in total. The zero-order valence-electron chi connectivity index (χ0n) is 23.5. The lowest BCUT2D eigenvalue weighted by molar-refractivity contribution is 0.0293. The molecule has 1 heterocycles. The molecule has 0 spiro atoms. The molecule has 44 heavy (non-hydrogen) atoms. The highest BCUT2D eigenvalue weighted by Crippen LogP contribution is 2.52. The Hall–Kier alpha value is -5.22. The summed E-state index contributed by atoms with van der Waals surface area (Å²) in [7, 11) is 0. The van der Waals surface area contributed by atoms with Gasteiger partial charge < -0.3 is 40.5 Å². The molecule has 3 aromatic carbocycles. The van der Waals surface area contributed by atoms with Gasteiger partial charge in [0.25, 0.3) is 0 Å². The maximum absolute atomic E-state index is 14.4. The van der Waals surface area contributed by atoms with Crippen molar-refractivity contribution in [2.75, 3.05) is 0 Å². The Balaban J connectivity index is 1.48. The van der Waals surface area contributed by atoms with Crippen molar-refractivity contribution in [3.05, 3.63) is 106 Å². The second-order valence-corrected chi connectivity index (χ2v) is 11.5. The highest BCUT2D eigenvalue weighted by atomic mass is 16.5. The van der Waals surface area contributed by atoms with Crippen LogP contribution in [0.15, 0.2) is 89.7 Å². The third-order valence-electron chi connectivity index (χ3n) is 8.71. The Morgan fingerprint density at radius 3 is 2.20 bits per heavy atom. The number of rotatable bonds is 5. The van der Waals surface area contributed by atoms with E-state index in [1.54, 1.807) is 0 Å². The molecule has 0 aromatic heterocycles. The Kier molecular flexibility index (Phi) is 7.09. The van der Waals surface area contributed by atoms with Gasteiger partial charge in [0, 0.05) is 41.9 Å². The lowest BCUT2D eigenvalue weighted by Crippen LogP contribution is -2.46. The van der Waals surface area contributed by atoms with Crippen LogP contribution in [0.1, 0.15) is 45.5 Å². The first-order valence-corrected chi connectivity index (χ1v) is 14.0. The number of ketones is 2. The fraction of sp³-hybridized carbons (Fsp3) is 0.235. The highest BCUT2D eigenvalue weighted by molar-refractivity contribution is 6.04. The Morgan fingerprint density at radius 2 is 1.50 bits per heavy atom. The van der Waals surface area contributed by atoms with E-state index in [-0.39, 0.29) is 45.6 Å². The number of carbonyl (C=O) groups is 2. The molecule has 0 saturated carbocycles. The van der Waals surface area contributed by atoms with Crippen LogP contribution >= 0.6 is 0 Å². The summed E-state index contributed by atoms with van der Waals surface area (Å²) in [6.45, 7) is 1.84. The number of phenols is 5. The van der Waals surface area contributed by atoms with Crippen LogP contribution in [-0.4, -0.2) is 59.5 Å². The number of hydrogen-bond donors (Lipinski definition) is 7. The van der Waals surface area contributed by atoms with Gasteiger partial charge in [-0.3, -0.25) is 9.59 Å². The molecule has 0 amide bonds. The van der Waals surface area contributed by atoms with Crippen LogP contribution in [0.3, 0.4) is 0 Å². The van der Waals surface area contributed by atoms with Crippen molar-refractivity contribution in [3.8, 4) is 34.5 Å². The molecule has 10 heteroatoms. The van der Waals surface area contributed by atoms with E-state index >= 15 is 0 Å². The number of aliphatic hydroxyl groups is 2. The number of phenolic OH excluding ortho intramolecular Hbond substituents is 5. The molecule has 2 aliphatic carbocycles.